The normalized spacial score (nSPS) is 17.3. The first-order valence-electron chi connectivity index (χ1n) is 8.59. The van der Waals surface area contributed by atoms with Crippen molar-refractivity contribution in [2.24, 2.45) is 5.92 Å². The van der Waals surface area contributed by atoms with Crippen molar-refractivity contribution in [3.05, 3.63) is 59.7 Å². The molecule has 1 unspecified atom stereocenters. The van der Waals surface area contributed by atoms with E-state index in [4.69, 9.17) is 4.74 Å². The van der Waals surface area contributed by atoms with Crippen LogP contribution in [0.15, 0.2) is 53.4 Å². The van der Waals surface area contributed by atoms with E-state index in [9.17, 15) is 13.2 Å². The van der Waals surface area contributed by atoms with Gasteiger partial charge in [0.05, 0.1) is 12.0 Å². The van der Waals surface area contributed by atoms with Gasteiger partial charge in [-0.1, -0.05) is 18.2 Å². The van der Waals surface area contributed by atoms with E-state index in [0.717, 1.165) is 24.8 Å². The smallest absolute Gasteiger partial charge is 0.253 e. The number of hydrogen-bond donors (Lipinski definition) is 0. The maximum Gasteiger partial charge on any atom is 0.253 e. The van der Waals surface area contributed by atoms with E-state index in [0.29, 0.717) is 24.6 Å². The van der Waals surface area contributed by atoms with Gasteiger partial charge in [0.15, 0.2) is 9.84 Å². The SMILES string of the molecule is COc1ccc(CC2CCN(C(=O)c3cccc(S(C)(=O)=O)c3)C2)cc1. The third-order valence-electron chi connectivity index (χ3n) is 4.77. The molecule has 0 saturated carbocycles. The monoisotopic (exact) mass is 373 g/mol. The van der Waals surface area contributed by atoms with E-state index in [2.05, 4.69) is 12.1 Å². The molecule has 0 N–H and O–H groups in total. The second-order valence-electron chi connectivity index (χ2n) is 6.76. The number of amides is 1. The lowest BCUT2D eigenvalue weighted by molar-refractivity contribution is 0.0787. The number of rotatable bonds is 5. The first-order valence-corrected chi connectivity index (χ1v) is 10.5. The Labute approximate surface area is 154 Å². The molecule has 2 aromatic rings. The molecule has 6 heteroatoms. The Morgan fingerprint density at radius 1 is 1.19 bits per heavy atom. The van der Waals surface area contributed by atoms with Crippen LogP contribution in [0.25, 0.3) is 0 Å². The number of ether oxygens (including phenoxy) is 1. The predicted octanol–water partition coefficient (Wildman–Crippen LogP) is 2.80. The van der Waals surface area contributed by atoms with Crippen molar-refractivity contribution in [3.63, 3.8) is 0 Å². The number of nitrogens with zero attached hydrogens (tertiary/aromatic N) is 1. The van der Waals surface area contributed by atoms with Crippen molar-refractivity contribution in [2.75, 3.05) is 26.5 Å². The molecule has 0 aromatic heterocycles. The minimum absolute atomic E-state index is 0.104. The molecule has 1 aliphatic rings. The molecule has 26 heavy (non-hydrogen) atoms. The van der Waals surface area contributed by atoms with E-state index < -0.39 is 9.84 Å². The summed E-state index contributed by atoms with van der Waals surface area (Å²) in [5.74, 6) is 1.14. The fourth-order valence-electron chi connectivity index (χ4n) is 3.32. The Balaban J connectivity index is 1.65. The molecule has 1 saturated heterocycles. The number of sulfone groups is 1. The Kier molecular flexibility index (Phi) is 5.32. The zero-order chi connectivity index (χ0) is 18.7. The van der Waals surface area contributed by atoms with E-state index in [1.54, 1.807) is 19.2 Å². The van der Waals surface area contributed by atoms with Gasteiger partial charge in [-0.15, -0.1) is 0 Å². The minimum Gasteiger partial charge on any atom is -0.497 e. The number of likely N-dealkylation sites (tertiary alicyclic amines) is 1. The highest BCUT2D eigenvalue weighted by Gasteiger charge is 2.27. The first-order chi connectivity index (χ1) is 12.4. The molecule has 1 fully saturated rings. The molecule has 0 spiro atoms. The lowest BCUT2D eigenvalue weighted by Crippen LogP contribution is -2.29. The molecule has 0 bridgehead atoms. The Morgan fingerprint density at radius 3 is 2.58 bits per heavy atom. The summed E-state index contributed by atoms with van der Waals surface area (Å²) in [6, 6.07) is 14.3. The van der Waals surface area contributed by atoms with E-state index in [1.165, 1.54) is 17.7 Å². The van der Waals surface area contributed by atoms with E-state index >= 15 is 0 Å². The van der Waals surface area contributed by atoms with E-state index in [-0.39, 0.29) is 10.8 Å². The molecular weight excluding hydrogens is 350 g/mol. The molecule has 2 aromatic carbocycles. The zero-order valence-corrected chi connectivity index (χ0v) is 15.8. The van der Waals surface area contributed by atoms with Crippen molar-refractivity contribution in [3.8, 4) is 5.75 Å². The van der Waals surface area contributed by atoms with Gasteiger partial charge in [-0.25, -0.2) is 8.42 Å². The number of carbonyl (C=O) groups excluding carboxylic acids is 1. The molecule has 0 radical (unpaired) electrons. The second kappa shape index (κ2) is 7.50. The van der Waals surface area contributed by atoms with Crippen LogP contribution in [0.4, 0.5) is 0 Å². The average molecular weight is 373 g/mol. The summed E-state index contributed by atoms with van der Waals surface area (Å²) in [4.78, 5) is 14.7. The standard InChI is InChI=1S/C20H23NO4S/c1-25-18-8-6-15(7-9-18)12-16-10-11-21(14-16)20(22)17-4-3-5-19(13-17)26(2,23)24/h3-9,13,16H,10-12,14H2,1-2H3. The van der Waals surface area contributed by atoms with Crippen molar-refractivity contribution < 1.29 is 17.9 Å². The minimum atomic E-state index is -3.32. The number of benzene rings is 2. The van der Waals surface area contributed by atoms with Gasteiger partial charge in [0, 0.05) is 24.9 Å². The zero-order valence-electron chi connectivity index (χ0n) is 15.0. The summed E-state index contributed by atoms with van der Waals surface area (Å²) in [6.07, 6.45) is 3.01. The summed E-state index contributed by atoms with van der Waals surface area (Å²) in [6.45, 7) is 1.39. The summed E-state index contributed by atoms with van der Waals surface area (Å²) in [5.41, 5.74) is 1.65. The second-order valence-corrected chi connectivity index (χ2v) is 8.77. The van der Waals surface area contributed by atoms with E-state index in [1.807, 2.05) is 17.0 Å². The number of carbonyl (C=O) groups is 1. The quantitative estimate of drug-likeness (QED) is 0.808. The van der Waals surface area contributed by atoms with Crippen molar-refractivity contribution in [2.45, 2.75) is 17.7 Å². The average Bonchev–Trinajstić information content (AvgIpc) is 3.09. The van der Waals surface area contributed by atoms with Gasteiger partial charge in [-0.3, -0.25) is 4.79 Å². The first kappa shape index (κ1) is 18.5. The third kappa shape index (κ3) is 4.25. The molecule has 5 nitrogen and oxygen atoms in total. The van der Waals surface area contributed by atoms with Gasteiger partial charge in [0.2, 0.25) is 0 Å². The molecule has 0 aliphatic carbocycles. The Hall–Kier alpha value is -2.34. The van der Waals surface area contributed by atoms with Crippen LogP contribution in [-0.2, 0) is 16.3 Å². The van der Waals surface area contributed by atoms with Crippen LogP contribution in [-0.4, -0.2) is 45.7 Å². The van der Waals surface area contributed by atoms with Gasteiger partial charge in [-0.05, 0) is 54.7 Å². The molecule has 3 rings (SSSR count). The molecular formula is C20H23NO4S. The van der Waals surface area contributed by atoms with Gasteiger partial charge in [0.1, 0.15) is 5.75 Å². The van der Waals surface area contributed by atoms with Gasteiger partial charge in [-0.2, -0.15) is 0 Å². The third-order valence-corrected chi connectivity index (χ3v) is 5.88. The highest BCUT2D eigenvalue weighted by atomic mass is 32.2. The van der Waals surface area contributed by atoms with Crippen LogP contribution in [0.5, 0.6) is 5.75 Å². The van der Waals surface area contributed by atoms with Gasteiger partial charge in [0.25, 0.3) is 5.91 Å². The largest absolute Gasteiger partial charge is 0.497 e. The molecule has 1 amide bonds. The molecule has 1 atom stereocenters. The van der Waals surface area contributed by atoms with Crippen LogP contribution < -0.4 is 4.74 Å². The van der Waals surface area contributed by atoms with Crippen LogP contribution in [0.3, 0.4) is 0 Å². The highest BCUT2D eigenvalue weighted by molar-refractivity contribution is 7.90. The van der Waals surface area contributed by atoms with Crippen molar-refractivity contribution >= 4 is 15.7 Å². The number of hydrogen-bond acceptors (Lipinski definition) is 4. The van der Waals surface area contributed by atoms with Gasteiger partial charge >= 0.3 is 0 Å². The maximum atomic E-state index is 12.7. The number of methoxy groups -OCH3 is 1. The Morgan fingerprint density at radius 2 is 1.92 bits per heavy atom. The summed E-state index contributed by atoms with van der Waals surface area (Å²) in [7, 11) is -1.67. The van der Waals surface area contributed by atoms with Crippen LogP contribution >= 0.6 is 0 Å². The fourth-order valence-corrected chi connectivity index (χ4v) is 3.99. The van der Waals surface area contributed by atoms with Gasteiger partial charge < -0.3 is 9.64 Å². The Bertz CT molecular complexity index is 890. The molecule has 138 valence electrons. The summed E-state index contributed by atoms with van der Waals surface area (Å²) in [5, 5.41) is 0. The lowest BCUT2D eigenvalue weighted by Gasteiger charge is -2.17. The van der Waals surface area contributed by atoms with Crippen LogP contribution in [0.2, 0.25) is 0 Å². The molecule has 1 heterocycles. The van der Waals surface area contributed by atoms with Crippen LogP contribution in [0, 0.1) is 5.92 Å². The lowest BCUT2D eigenvalue weighted by atomic mass is 9.99. The van der Waals surface area contributed by atoms with Crippen LogP contribution in [0.1, 0.15) is 22.3 Å². The highest BCUT2D eigenvalue weighted by Crippen LogP contribution is 2.24. The van der Waals surface area contributed by atoms with Crippen molar-refractivity contribution in [1.29, 1.82) is 0 Å². The maximum absolute atomic E-state index is 12.7. The topological polar surface area (TPSA) is 63.7 Å². The van der Waals surface area contributed by atoms with Crippen molar-refractivity contribution in [1.82, 2.24) is 4.90 Å². The predicted molar refractivity (Wildman–Crippen MR) is 100 cm³/mol. The summed E-state index contributed by atoms with van der Waals surface area (Å²) >= 11 is 0. The molecule has 1 aliphatic heterocycles. The summed E-state index contributed by atoms with van der Waals surface area (Å²) < 4.78 is 28.6. The fraction of sp³-hybridized carbons (Fsp3) is 0.350.